The minimum atomic E-state index is -0.627. The largest absolute Gasteiger partial charge is 0.479 e. The number of benzene rings is 2. The maximum Gasteiger partial charge on any atom is 0.268 e. The quantitative estimate of drug-likeness (QED) is 0.547. The third kappa shape index (κ3) is 4.99. The predicted octanol–water partition coefficient (Wildman–Crippen LogP) is 4.96. The second-order valence-electron chi connectivity index (χ2n) is 9.06. The van der Waals surface area contributed by atoms with Crippen molar-refractivity contribution in [2.75, 3.05) is 11.4 Å². The fraction of sp³-hybridized carbons (Fsp3) is 0.370. The first kappa shape index (κ1) is 22.6. The van der Waals surface area contributed by atoms with E-state index in [0.717, 1.165) is 48.4 Å². The molecule has 0 radical (unpaired) electrons. The van der Waals surface area contributed by atoms with Crippen LogP contribution in [0.3, 0.4) is 0 Å². The number of carbonyl (C=O) groups excluding carboxylic acids is 2. The maximum absolute atomic E-state index is 13.0. The van der Waals surface area contributed by atoms with Crippen molar-refractivity contribution >= 4 is 28.8 Å². The Balaban J connectivity index is 1.36. The van der Waals surface area contributed by atoms with Crippen LogP contribution in [0.4, 0.5) is 5.69 Å². The van der Waals surface area contributed by atoms with Crippen LogP contribution in [0.1, 0.15) is 49.6 Å². The molecule has 2 aromatic carbocycles. The molecular formula is C27H29N3O3S. The zero-order valence-corrected chi connectivity index (χ0v) is 20.1. The lowest BCUT2D eigenvalue weighted by atomic mass is 9.95. The molecule has 1 atom stereocenters. The molecule has 1 fully saturated rings. The van der Waals surface area contributed by atoms with Crippen LogP contribution in [-0.2, 0) is 16.0 Å². The molecule has 2 heterocycles. The number of rotatable bonds is 6. The molecule has 2 aliphatic rings. The van der Waals surface area contributed by atoms with E-state index in [1.54, 1.807) is 23.2 Å². The summed E-state index contributed by atoms with van der Waals surface area (Å²) in [5, 5.41) is 6.19. The van der Waals surface area contributed by atoms with Crippen molar-refractivity contribution in [3.63, 3.8) is 0 Å². The van der Waals surface area contributed by atoms with Gasteiger partial charge in [0.05, 0.1) is 16.4 Å². The first-order valence-corrected chi connectivity index (χ1v) is 12.8. The standard InChI is InChI=1S/C27H29N3O3S/c1-18-27(32)30(16-25(31)28-21-10-6-3-7-11-21)23-15-20(12-13-24(23)33-18)22-17-34-26(29-22)14-19-8-4-2-5-9-19/h2,4-5,8-9,12-13,15,17-18,21H,3,6-7,10-11,14,16H2,1H3,(H,28,31). The topological polar surface area (TPSA) is 71.5 Å². The number of fused-ring (bicyclic) bond motifs is 1. The minimum absolute atomic E-state index is 0.00416. The van der Waals surface area contributed by atoms with Crippen molar-refractivity contribution in [2.24, 2.45) is 0 Å². The number of nitrogens with one attached hydrogen (secondary N) is 1. The van der Waals surface area contributed by atoms with Crippen LogP contribution < -0.4 is 15.0 Å². The molecule has 5 rings (SSSR count). The summed E-state index contributed by atoms with van der Waals surface area (Å²) in [7, 11) is 0. The lowest BCUT2D eigenvalue weighted by Crippen LogP contribution is -2.50. The summed E-state index contributed by atoms with van der Waals surface area (Å²) >= 11 is 1.62. The van der Waals surface area contributed by atoms with Crippen molar-refractivity contribution in [3.05, 3.63) is 64.5 Å². The third-order valence-corrected chi connectivity index (χ3v) is 7.33. The number of ether oxygens (including phenoxy) is 1. The number of thiazole rings is 1. The van der Waals surface area contributed by atoms with E-state index in [2.05, 4.69) is 17.4 Å². The van der Waals surface area contributed by atoms with Gasteiger partial charge in [-0.25, -0.2) is 4.98 Å². The fourth-order valence-electron chi connectivity index (χ4n) is 4.69. The summed E-state index contributed by atoms with van der Waals surface area (Å²) in [5.41, 5.74) is 3.60. The molecule has 1 aromatic heterocycles. The summed E-state index contributed by atoms with van der Waals surface area (Å²) < 4.78 is 5.84. The van der Waals surface area contributed by atoms with Gasteiger partial charge in [0, 0.05) is 23.4 Å². The van der Waals surface area contributed by atoms with Crippen LogP contribution in [0.5, 0.6) is 5.75 Å². The van der Waals surface area contributed by atoms with Crippen LogP contribution in [0.25, 0.3) is 11.3 Å². The third-order valence-electron chi connectivity index (χ3n) is 6.48. The van der Waals surface area contributed by atoms with E-state index in [4.69, 9.17) is 9.72 Å². The molecule has 2 amide bonds. The van der Waals surface area contributed by atoms with Crippen LogP contribution in [0.2, 0.25) is 0 Å². The first-order valence-electron chi connectivity index (χ1n) is 12.0. The normalized spacial score (nSPS) is 18.3. The molecule has 1 aliphatic heterocycles. The molecule has 0 bridgehead atoms. The average Bonchev–Trinajstić information content (AvgIpc) is 3.31. The molecule has 0 saturated heterocycles. The Bertz CT molecular complexity index is 1170. The average molecular weight is 476 g/mol. The van der Waals surface area contributed by atoms with E-state index >= 15 is 0 Å². The minimum Gasteiger partial charge on any atom is -0.479 e. The SMILES string of the molecule is CC1Oc2ccc(-c3csc(Cc4ccccc4)n3)cc2N(CC(=O)NC2CCCCC2)C1=O. The number of hydrogen-bond acceptors (Lipinski definition) is 5. The van der Waals surface area contributed by atoms with E-state index in [-0.39, 0.29) is 24.4 Å². The van der Waals surface area contributed by atoms with E-state index < -0.39 is 6.10 Å². The summed E-state index contributed by atoms with van der Waals surface area (Å²) in [6, 6.07) is 16.2. The Hall–Kier alpha value is -3.19. The number of amides is 2. The van der Waals surface area contributed by atoms with Gasteiger partial charge in [-0.05, 0) is 43.5 Å². The highest BCUT2D eigenvalue weighted by Gasteiger charge is 2.33. The van der Waals surface area contributed by atoms with Gasteiger partial charge in [0.15, 0.2) is 6.10 Å². The maximum atomic E-state index is 13.0. The molecule has 1 unspecified atom stereocenters. The highest BCUT2D eigenvalue weighted by Crippen LogP contribution is 2.38. The van der Waals surface area contributed by atoms with Gasteiger partial charge in [0.1, 0.15) is 12.3 Å². The highest BCUT2D eigenvalue weighted by molar-refractivity contribution is 7.10. The summed E-state index contributed by atoms with van der Waals surface area (Å²) in [5.74, 6) is 0.289. The van der Waals surface area contributed by atoms with Gasteiger partial charge >= 0.3 is 0 Å². The summed E-state index contributed by atoms with van der Waals surface area (Å²) in [4.78, 5) is 32.2. The molecular weight excluding hydrogens is 446 g/mol. The van der Waals surface area contributed by atoms with Crippen LogP contribution in [0.15, 0.2) is 53.9 Å². The van der Waals surface area contributed by atoms with Gasteiger partial charge in [0.2, 0.25) is 5.91 Å². The monoisotopic (exact) mass is 475 g/mol. The number of nitrogens with zero attached hydrogens (tertiary/aromatic N) is 2. The highest BCUT2D eigenvalue weighted by atomic mass is 32.1. The summed E-state index contributed by atoms with van der Waals surface area (Å²) in [6.07, 6.45) is 5.69. The van der Waals surface area contributed by atoms with Crippen molar-refractivity contribution < 1.29 is 14.3 Å². The summed E-state index contributed by atoms with van der Waals surface area (Å²) in [6.45, 7) is 1.72. The van der Waals surface area contributed by atoms with E-state index in [1.165, 1.54) is 12.0 Å². The number of carbonyl (C=O) groups is 2. The molecule has 6 nitrogen and oxygen atoms in total. The lowest BCUT2D eigenvalue weighted by molar-refractivity contribution is -0.128. The molecule has 1 saturated carbocycles. The fourth-order valence-corrected chi connectivity index (χ4v) is 5.53. The molecule has 7 heteroatoms. The van der Waals surface area contributed by atoms with Gasteiger partial charge < -0.3 is 10.1 Å². The number of anilines is 1. The Labute approximate surface area is 204 Å². The van der Waals surface area contributed by atoms with Crippen LogP contribution >= 0.6 is 11.3 Å². The predicted molar refractivity (Wildman–Crippen MR) is 134 cm³/mol. The zero-order valence-electron chi connectivity index (χ0n) is 19.3. The second kappa shape index (κ2) is 9.97. The van der Waals surface area contributed by atoms with Crippen molar-refractivity contribution in [3.8, 4) is 17.0 Å². The van der Waals surface area contributed by atoms with Gasteiger partial charge in [-0.1, -0.05) is 49.6 Å². The Morgan fingerprint density at radius 1 is 1.15 bits per heavy atom. The Kier molecular flexibility index (Phi) is 6.63. The van der Waals surface area contributed by atoms with E-state index in [9.17, 15) is 9.59 Å². The smallest absolute Gasteiger partial charge is 0.268 e. The van der Waals surface area contributed by atoms with Crippen LogP contribution in [-0.4, -0.2) is 35.5 Å². The van der Waals surface area contributed by atoms with Gasteiger partial charge in [-0.15, -0.1) is 11.3 Å². The van der Waals surface area contributed by atoms with Crippen molar-refractivity contribution in [1.29, 1.82) is 0 Å². The first-order chi connectivity index (χ1) is 16.6. The van der Waals surface area contributed by atoms with Gasteiger partial charge in [-0.2, -0.15) is 0 Å². The molecule has 3 aromatic rings. The van der Waals surface area contributed by atoms with Crippen molar-refractivity contribution in [1.82, 2.24) is 10.3 Å². The molecule has 0 spiro atoms. The molecule has 1 aliphatic carbocycles. The number of hydrogen-bond donors (Lipinski definition) is 1. The Morgan fingerprint density at radius 3 is 2.74 bits per heavy atom. The number of aromatic nitrogens is 1. The van der Waals surface area contributed by atoms with Crippen LogP contribution in [0, 0.1) is 0 Å². The zero-order chi connectivity index (χ0) is 23.5. The van der Waals surface area contributed by atoms with E-state index in [1.807, 2.05) is 41.8 Å². The lowest BCUT2D eigenvalue weighted by Gasteiger charge is -2.33. The molecule has 34 heavy (non-hydrogen) atoms. The van der Waals surface area contributed by atoms with Gasteiger partial charge in [-0.3, -0.25) is 14.5 Å². The molecule has 1 N–H and O–H groups in total. The van der Waals surface area contributed by atoms with Gasteiger partial charge in [0.25, 0.3) is 5.91 Å². The molecule has 176 valence electrons. The Morgan fingerprint density at radius 2 is 1.94 bits per heavy atom. The van der Waals surface area contributed by atoms with E-state index in [0.29, 0.717) is 11.4 Å². The second-order valence-corrected chi connectivity index (χ2v) is 10.0. The van der Waals surface area contributed by atoms with Crippen molar-refractivity contribution in [2.45, 2.75) is 57.6 Å².